The molecule has 0 aliphatic rings. The van der Waals surface area contributed by atoms with Gasteiger partial charge in [-0.15, -0.1) is 0 Å². The van der Waals surface area contributed by atoms with Crippen LogP contribution in [0.2, 0.25) is 0 Å². The highest BCUT2D eigenvalue weighted by molar-refractivity contribution is 5.50. The highest BCUT2D eigenvalue weighted by atomic mass is 16.1. The van der Waals surface area contributed by atoms with Crippen LogP contribution in [0.15, 0.2) is 0 Å². The van der Waals surface area contributed by atoms with Gasteiger partial charge in [-0.1, -0.05) is 109 Å². The fourth-order valence-electron chi connectivity index (χ4n) is 3.21. The van der Waals surface area contributed by atoms with Crippen molar-refractivity contribution in [2.75, 3.05) is 0 Å². The van der Waals surface area contributed by atoms with E-state index in [0.29, 0.717) is 6.42 Å². The first-order valence-electron chi connectivity index (χ1n) is 11.7. The molecule has 0 atom stereocenters. The lowest BCUT2D eigenvalue weighted by molar-refractivity contribution is 0.538. The predicted octanol–water partition coefficient (Wildman–Crippen LogP) is 7.92. The molecular weight excluding hydrogens is 328 g/mol. The molecule has 0 heterocycles. The Bertz CT molecular complexity index is 415. The summed E-state index contributed by atoms with van der Waals surface area (Å²) in [6, 6.07) is 0. The van der Waals surface area contributed by atoms with Gasteiger partial charge in [-0.05, 0) is 31.1 Å². The van der Waals surface area contributed by atoms with Crippen LogP contribution in [-0.4, -0.2) is 6.29 Å². The molecule has 0 fully saturated rings. The maximum absolute atomic E-state index is 10.1. The van der Waals surface area contributed by atoms with E-state index in [2.05, 4.69) is 30.6 Å². The minimum absolute atomic E-state index is 0.612. The van der Waals surface area contributed by atoms with Gasteiger partial charge in [0.15, 0.2) is 6.29 Å². The molecule has 0 aromatic heterocycles. The fraction of sp³-hybridized carbons (Fsp3) is 0.808. The summed E-state index contributed by atoms with van der Waals surface area (Å²) in [4.78, 5) is 10.1. The lowest BCUT2D eigenvalue weighted by Gasteiger charge is -1.99. The Hall–Kier alpha value is -1.21. The SMILES string of the molecule is CCCCCCCCCCCC#CC#CCCCCCCCCCC[C]=O. The van der Waals surface area contributed by atoms with E-state index in [1.807, 2.05) is 6.29 Å². The van der Waals surface area contributed by atoms with Crippen molar-refractivity contribution in [3.8, 4) is 23.7 Å². The average Bonchev–Trinajstić information content (AvgIpc) is 2.68. The Morgan fingerprint density at radius 3 is 1.15 bits per heavy atom. The first-order chi connectivity index (χ1) is 13.4. The normalized spacial score (nSPS) is 9.96. The summed E-state index contributed by atoms with van der Waals surface area (Å²) in [6.07, 6.45) is 26.8. The van der Waals surface area contributed by atoms with Gasteiger partial charge in [0.25, 0.3) is 0 Å². The Balaban J connectivity index is 3.22. The van der Waals surface area contributed by atoms with E-state index in [4.69, 9.17) is 0 Å². The van der Waals surface area contributed by atoms with Crippen molar-refractivity contribution >= 4 is 6.29 Å². The first-order valence-corrected chi connectivity index (χ1v) is 11.7. The summed E-state index contributed by atoms with van der Waals surface area (Å²) in [5, 5.41) is 0. The smallest absolute Gasteiger partial charge is 0.198 e. The zero-order valence-corrected chi connectivity index (χ0v) is 18.1. The summed E-state index contributed by atoms with van der Waals surface area (Å²) in [6.45, 7) is 2.27. The third-order valence-electron chi connectivity index (χ3n) is 4.98. The minimum atomic E-state index is 0.612. The molecule has 0 aromatic carbocycles. The maximum atomic E-state index is 10.1. The van der Waals surface area contributed by atoms with Gasteiger partial charge in [0, 0.05) is 19.3 Å². The second-order valence-corrected chi connectivity index (χ2v) is 7.65. The fourth-order valence-corrected chi connectivity index (χ4v) is 3.21. The van der Waals surface area contributed by atoms with Crippen molar-refractivity contribution in [1.29, 1.82) is 0 Å². The van der Waals surface area contributed by atoms with E-state index < -0.39 is 0 Å². The molecule has 0 bridgehead atoms. The second kappa shape index (κ2) is 24.8. The topological polar surface area (TPSA) is 17.1 Å². The summed E-state index contributed by atoms with van der Waals surface area (Å²) < 4.78 is 0. The summed E-state index contributed by atoms with van der Waals surface area (Å²) in [7, 11) is 0. The highest BCUT2D eigenvalue weighted by Gasteiger charge is 1.92. The highest BCUT2D eigenvalue weighted by Crippen LogP contribution is 2.11. The van der Waals surface area contributed by atoms with Gasteiger partial charge in [-0.3, -0.25) is 4.79 Å². The Morgan fingerprint density at radius 2 is 0.778 bits per heavy atom. The molecule has 0 aliphatic heterocycles. The van der Waals surface area contributed by atoms with E-state index in [-0.39, 0.29) is 0 Å². The molecule has 1 radical (unpaired) electrons. The molecule has 27 heavy (non-hydrogen) atoms. The largest absolute Gasteiger partial charge is 0.291 e. The number of rotatable bonds is 19. The monoisotopic (exact) mass is 371 g/mol. The van der Waals surface area contributed by atoms with Gasteiger partial charge in [-0.25, -0.2) is 0 Å². The van der Waals surface area contributed by atoms with Crippen molar-refractivity contribution < 1.29 is 4.79 Å². The third-order valence-corrected chi connectivity index (χ3v) is 4.98. The minimum Gasteiger partial charge on any atom is -0.291 e. The molecular formula is C26H43O. The van der Waals surface area contributed by atoms with Crippen molar-refractivity contribution in [3.63, 3.8) is 0 Å². The maximum Gasteiger partial charge on any atom is 0.198 e. The molecule has 153 valence electrons. The van der Waals surface area contributed by atoms with Gasteiger partial charge in [0.2, 0.25) is 0 Å². The van der Waals surface area contributed by atoms with Crippen molar-refractivity contribution in [2.45, 2.75) is 135 Å². The van der Waals surface area contributed by atoms with Crippen LogP contribution in [0.5, 0.6) is 0 Å². The van der Waals surface area contributed by atoms with Gasteiger partial charge in [-0.2, -0.15) is 0 Å². The molecule has 0 aromatic rings. The van der Waals surface area contributed by atoms with Crippen molar-refractivity contribution in [3.05, 3.63) is 0 Å². The Morgan fingerprint density at radius 1 is 0.444 bits per heavy atom. The third kappa shape index (κ3) is 24.8. The van der Waals surface area contributed by atoms with E-state index in [1.54, 1.807) is 0 Å². The predicted molar refractivity (Wildman–Crippen MR) is 119 cm³/mol. The summed E-state index contributed by atoms with van der Waals surface area (Å²) in [5.74, 6) is 12.4. The van der Waals surface area contributed by atoms with E-state index in [1.165, 1.54) is 103 Å². The molecule has 0 N–H and O–H groups in total. The van der Waals surface area contributed by atoms with Crippen LogP contribution in [0, 0.1) is 23.7 Å². The molecule has 0 spiro atoms. The molecule has 0 rings (SSSR count). The molecule has 0 amide bonds. The molecule has 1 nitrogen and oxygen atoms in total. The van der Waals surface area contributed by atoms with Crippen molar-refractivity contribution in [2.24, 2.45) is 0 Å². The molecule has 0 aliphatic carbocycles. The van der Waals surface area contributed by atoms with E-state index in [0.717, 1.165) is 19.3 Å². The summed E-state index contributed by atoms with van der Waals surface area (Å²) >= 11 is 0. The Labute approximate surface area is 170 Å². The molecule has 0 saturated heterocycles. The zero-order chi connectivity index (χ0) is 19.7. The lowest BCUT2D eigenvalue weighted by Crippen LogP contribution is -1.82. The quantitative estimate of drug-likeness (QED) is 0.166. The molecule has 0 saturated carbocycles. The van der Waals surface area contributed by atoms with Crippen LogP contribution in [-0.2, 0) is 4.79 Å². The number of hydrogen-bond acceptors (Lipinski definition) is 1. The van der Waals surface area contributed by atoms with Gasteiger partial charge in [0.1, 0.15) is 0 Å². The van der Waals surface area contributed by atoms with E-state index in [9.17, 15) is 4.79 Å². The van der Waals surface area contributed by atoms with Gasteiger partial charge >= 0.3 is 0 Å². The first kappa shape index (κ1) is 25.8. The Kier molecular flexibility index (Phi) is 23.7. The lowest BCUT2D eigenvalue weighted by atomic mass is 10.1. The zero-order valence-electron chi connectivity index (χ0n) is 18.1. The molecule has 1 heteroatoms. The van der Waals surface area contributed by atoms with Gasteiger partial charge < -0.3 is 0 Å². The number of hydrogen-bond donors (Lipinski definition) is 0. The van der Waals surface area contributed by atoms with Crippen LogP contribution in [0.4, 0.5) is 0 Å². The van der Waals surface area contributed by atoms with Crippen LogP contribution in [0.1, 0.15) is 135 Å². The number of unbranched alkanes of at least 4 members (excludes halogenated alkanes) is 18. The molecule has 0 unspecified atom stereocenters. The van der Waals surface area contributed by atoms with Crippen LogP contribution < -0.4 is 0 Å². The van der Waals surface area contributed by atoms with Crippen LogP contribution >= 0.6 is 0 Å². The second-order valence-electron chi connectivity index (χ2n) is 7.65. The van der Waals surface area contributed by atoms with Gasteiger partial charge in [0.05, 0.1) is 0 Å². The number of carbonyl (C=O) groups excluding carboxylic acids is 1. The van der Waals surface area contributed by atoms with Crippen LogP contribution in [0.25, 0.3) is 0 Å². The average molecular weight is 372 g/mol. The summed E-state index contributed by atoms with van der Waals surface area (Å²) in [5.41, 5.74) is 0. The van der Waals surface area contributed by atoms with E-state index >= 15 is 0 Å². The standard InChI is InChI=1S/C26H43O/c1-2-3-4-5-6-7-8-9-10-11-12-13-14-15-16-17-18-19-20-21-22-23-24-25-26-27/h2-11,16-25H2,1H3. The van der Waals surface area contributed by atoms with Crippen molar-refractivity contribution in [1.82, 2.24) is 0 Å². The van der Waals surface area contributed by atoms with Crippen LogP contribution in [0.3, 0.4) is 0 Å².